The summed E-state index contributed by atoms with van der Waals surface area (Å²) in [5, 5.41) is 0.741. The van der Waals surface area contributed by atoms with Crippen LogP contribution >= 0.6 is 11.6 Å². The van der Waals surface area contributed by atoms with Crippen molar-refractivity contribution < 1.29 is 8.42 Å². The molecule has 0 radical (unpaired) electrons. The summed E-state index contributed by atoms with van der Waals surface area (Å²) >= 11 is 5.94. The monoisotopic (exact) mass is 399 g/mol. The average molecular weight is 400 g/mol. The third-order valence-corrected chi connectivity index (χ3v) is 7.06. The maximum absolute atomic E-state index is 11.7. The van der Waals surface area contributed by atoms with E-state index in [1.54, 1.807) is 6.92 Å². The first kappa shape index (κ1) is 19.3. The van der Waals surface area contributed by atoms with Gasteiger partial charge in [-0.15, -0.1) is 0 Å². The van der Waals surface area contributed by atoms with Crippen LogP contribution in [0, 0.1) is 5.92 Å². The molecular weight excluding hydrogens is 374 g/mol. The fourth-order valence-corrected chi connectivity index (χ4v) is 4.58. The molecule has 7 nitrogen and oxygen atoms in total. The summed E-state index contributed by atoms with van der Waals surface area (Å²) in [5.41, 5.74) is 7.30. The largest absolute Gasteiger partial charge is 0.370 e. The van der Waals surface area contributed by atoms with Gasteiger partial charge in [-0.25, -0.2) is 12.7 Å². The quantitative estimate of drug-likeness (QED) is 0.591. The molecule has 0 aromatic heterocycles. The second-order valence-corrected chi connectivity index (χ2v) is 9.43. The number of guanidine groups is 1. The predicted octanol–water partition coefficient (Wildman–Crippen LogP) is 1.06. The first-order chi connectivity index (χ1) is 12.4. The molecule has 2 saturated heterocycles. The molecule has 2 aliphatic rings. The van der Waals surface area contributed by atoms with E-state index in [1.807, 2.05) is 24.3 Å². The Balaban J connectivity index is 1.44. The van der Waals surface area contributed by atoms with Gasteiger partial charge >= 0.3 is 0 Å². The normalized spacial score (nSPS) is 20.3. The standard InChI is InChI=1S/C17H26ClN5O2S/c1-2-26(24,25)23-12-14(13-23)11-20-17(19)22-9-7-21(8-10-22)16-5-3-15(18)4-6-16/h3-6,14H,2,7-13H2,1H3,(H2,19,20). The molecule has 3 rings (SSSR count). The van der Waals surface area contributed by atoms with Crippen molar-refractivity contribution in [1.82, 2.24) is 9.21 Å². The first-order valence-corrected chi connectivity index (χ1v) is 10.9. The second kappa shape index (κ2) is 8.02. The number of halogens is 1. The Kier molecular flexibility index (Phi) is 5.94. The van der Waals surface area contributed by atoms with Crippen LogP contribution in [0.3, 0.4) is 0 Å². The number of aliphatic imine (C=N–C) groups is 1. The van der Waals surface area contributed by atoms with Crippen LogP contribution in [0.4, 0.5) is 5.69 Å². The highest BCUT2D eigenvalue weighted by molar-refractivity contribution is 7.89. The van der Waals surface area contributed by atoms with Gasteiger partial charge < -0.3 is 15.5 Å². The van der Waals surface area contributed by atoms with Crippen molar-refractivity contribution in [1.29, 1.82) is 0 Å². The average Bonchev–Trinajstić information content (AvgIpc) is 2.61. The van der Waals surface area contributed by atoms with Crippen LogP contribution in [0.1, 0.15) is 6.92 Å². The van der Waals surface area contributed by atoms with Crippen molar-refractivity contribution in [2.75, 3.05) is 56.5 Å². The van der Waals surface area contributed by atoms with Crippen LogP contribution < -0.4 is 10.6 Å². The van der Waals surface area contributed by atoms with Gasteiger partial charge in [0.25, 0.3) is 0 Å². The lowest BCUT2D eigenvalue weighted by Crippen LogP contribution is -2.53. The Morgan fingerprint density at radius 1 is 1.19 bits per heavy atom. The zero-order chi connectivity index (χ0) is 18.7. The zero-order valence-corrected chi connectivity index (χ0v) is 16.6. The molecule has 0 amide bonds. The highest BCUT2D eigenvalue weighted by Crippen LogP contribution is 2.21. The Labute approximate surface area is 160 Å². The molecule has 1 aromatic carbocycles. The summed E-state index contributed by atoms with van der Waals surface area (Å²) in [7, 11) is -3.06. The summed E-state index contributed by atoms with van der Waals surface area (Å²) in [6.07, 6.45) is 0. The van der Waals surface area contributed by atoms with Crippen molar-refractivity contribution in [2.45, 2.75) is 6.92 Å². The summed E-state index contributed by atoms with van der Waals surface area (Å²) in [4.78, 5) is 8.88. The van der Waals surface area contributed by atoms with E-state index in [-0.39, 0.29) is 11.7 Å². The van der Waals surface area contributed by atoms with E-state index in [2.05, 4.69) is 14.8 Å². The summed E-state index contributed by atoms with van der Waals surface area (Å²) < 4.78 is 25.0. The Morgan fingerprint density at radius 3 is 2.38 bits per heavy atom. The lowest BCUT2D eigenvalue weighted by Gasteiger charge is -2.38. The fourth-order valence-electron chi connectivity index (χ4n) is 3.22. The predicted molar refractivity (Wildman–Crippen MR) is 106 cm³/mol. The van der Waals surface area contributed by atoms with Crippen LogP contribution in [-0.2, 0) is 10.0 Å². The van der Waals surface area contributed by atoms with E-state index >= 15 is 0 Å². The Morgan fingerprint density at radius 2 is 1.81 bits per heavy atom. The van der Waals surface area contributed by atoms with Crippen molar-refractivity contribution in [3.05, 3.63) is 29.3 Å². The molecule has 26 heavy (non-hydrogen) atoms. The van der Waals surface area contributed by atoms with Crippen LogP contribution in [0.5, 0.6) is 0 Å². The number of nitrogens with zero attached hydrogens (tertiary/aromatic N) is 4. The second-order valence-electron chi connectivity index (χ2n) is 6.73. The highest BCUT2D eigenvalue weighted by atomic mass is 35.5. The van der Waals surface area contributed by atoms with Gasteiger partial charge in [0.1, 0.15) is 0 Å². The van der Waals surface area contributed by atoms with Gasteiger partial charge in [-0.05, 0) is 31.2 Å². The lowest BCUT2D eigenvalue weighted by atomic mass is 10.0. The summed E-state index contributed by atoms with van der Waals surface area (Å²) in [6.45, 7) is 6.75. The van der Waals surface area contributed by atoms with Crippen molar-refractivity contribution in [3.63, 3.8) is 0 Å². The van der Waals surface area contributed by atoms with Gasteiger partial charge in [0, 0.05) is 62.4 Å². The fraction of sp³-hybridized carbons (Fsp3) is 0.588. The summed E-state index contributed by atoms with van der Waals surface area (Å²) in [5.74, 6) is 0.978. The van der Waals surface area contributed by atoms with E-state index < -0.39 is 10.0 Å². The van der Waals surface area contributed by atoms with Gasteiger partial charge in [0.05, 0.1) is 5.75 Å². The molecule has 0 atom stereocenters. The summed E-state index contributed by atoms with van der Waals surface area (Å²) in [6, 6.07) is 7.86. The minimum atomic E-state index is -3.06. The van der Waals surface area contributed by atoms with Gasteiger partial charge in [-0.1, -0.05) is 11.6 Å². The van der Waals surface area contributed by atoms with Crippen molar-refractivity contribution >= 4 is 33.3 Å². The van der Waals surface area contributed by atoms with E-state index in [9.17, 15) is 8.42 Å². The minimum Gasteiger partial charge on any atom is -0.370 e. The molecule has 0 saturated carbocycles. The molecule has 2 heterocycles. The van der Waals surface area contributed by atoms with Crippen LogP contribution in [0.2, 0.25) is 5.02 Å². The van der Waals surface area contributed by atoms with Crippen LogP contribution in [0.25, 0.3) is 0 Å². The van der Waals surface area contributed by atoms with E-state index in [0.29, 0.717) is 25.6 Å². The number of piperazine rings is 1. The third-order valence-electron chi connectivity index (χ3n) is 4.99. The number of nitrogens with two attached hydrogens (primary N) is 1. The minimum absolute atomic E-state index is 0.156. The maximum Gasteiger partial charge on any atom is 0.213 e. The number of rotatable bonds is 5. The molecule has 0 bridgehead atoms. The topological polar surface area (TPSA) is 82.2 Å². The molecule has 144 valence electrons. The van der Waals surface area contributed by atoms with E-state index in [0.717, 1.165) is 36.9 Å². The number of hydrogen-bond acceptors (Lipinski definition) is 4. The molecule has 1 aromatic rings. The van der Waals surface area contributed by atoms with Gasteiger partial charge in [0.2, 0.25) is 10.0 Å². The van der Waals surface area contributed by atoms with Gasteiger partial charge in [0.15, 0.2) is 5.96 Å². The first-order valence-electron chi connectivity index (χ1n) is 8.92. The zero-order valence-electron chi connectivity index (χ0n) is 15.0. The highest BCUT2D eigenvalue weighted by Gasteiger charge is 2.34. The molecule has 2 N–H and O–H groups in total. The van der Waals surface area contributed by atoms with Crippen molar-refractivity contribution in [3.8, 4) is 0 Å². The smallest absolute Gasteiger partial charge is 0.213 e. The van der Waals surface area contributed by atoms with E-state index in [1.165, 1.54) is 4.31 Å². The van der Waals surface area contributed by atoms with Crippen LogP contribution in [-0.4, -0.2) is 75.1 Å². The molecule has 0 aliphatic carbocycles. The number of anilines is 1. The van der Waals surface area contributed by atoms with E-state index in [4.69, 9.17) is 17.3 Å². The Bertz CT molecular complexity index is 739. The molecule has 0 spiro atoms. The SMILES string of the molecule is CCS(=O)(=O)N1CC(CN=C(N)N2CCN(c3ccc(Cl)cc3)CC2)C1. The van der Waals surface area contributed by atoms with Crippen molar-refractivity contribution in [2.24, 2.45) is 16.6 Å². The maximum atomic E-state index is 11.7. The molecule has 2 aliphatic heterocycles. The molecule has 0 unspecified atom stereocenters. The lowest BCUT2D eigenvalue weighted by molar-refractivity contribution is 0.207. The third kappa shape index (κ3) is 4.42. The molecule has 9 heteroatoms. The number of hydrogen-bond donors (Lipinski definition) is 1. The number of sulfonamides is 1. The molecule has 2 fully saturated rings. The van der Waals surface area contributed by atoms with Gasteiger partial charge in [-0.3, -0.25) is 4.99 Å². The van der Waals surface area contributed by atoms with Gasteiger partial charge in [-0.2, -0.15) is 0 Å². The Hall–Kier alpha value is -1.51. The molecular formula is C17H26ClN5O2S. The number of benzene rings is 1. The van der Waals surface area contributed by atoms with Crippen LogP contribution in [0.15, 0.2) is 29.3 Å².